The van der Waals surface area contributed by atoms with Gasteiger partial charge < -0.3 is 4.52 Å². The number of likely N-dealkylation sites (tertiary alicyclic amines) is 1. The lowest BCUT2D eigenvalue weighted by molar-refractivity contribution is 0.178. The van der Waals surface area contributed by atoms with Crippen LogP contribution in [0.5, 0.6) is 0 Å². The molecule has 0 bridgehead atoms. The second-order valence-electron chi connectivity index (χ2n) is 7.70. The van der Waals surface area contributed by atoms with Crippen LogP contribution in [0.3, 0.4) is 0 Å². The van der Waals surface area contributed by atoms with Gasteiger partial charge in [-0.1, -0.05) is 16.8 Å². The van der Waals surface area contributed by atoms with E-state index in [4.69, 9.17) is 16.1 Å². The Morgan fingerprint density at radius 2 is 2.00 bits per heavy atom. The van der Waals surface area contributed by atoms with Crippen molar-refractivity contribution >= 4 is 17.2 Å². The maximum Gasteiger partial charge on any atom is 0.258 e. The minimum Gasteiger partial charge on any atom is -0.339 e. The van der Waals surface area contributed by atoms with Crippen LogP contribution in [0.1, 0.15) is 30.3 Å². The zero-order chi connectivity index (χ0) is 21.4. The van der Waals surface area contributed by atoms with Crippen molar-refractivity contribution in [1.82, 2.24) is 24.4 Å². The Morgan fingerprint density at radius 3 is 2.84 bits per heavy atom. The zero-order valence-corrected chi connectivity index (χ0v) is 17.3. The van der Waals surface area contributed by atoms with E-state index >= 15 is 0 Å². The molecule has 1 fully saturated rings. The molecule has 1 aromatic carbocycles. The minimum atomic E-state index is -0.305. The molecular formula is C22H19ClFN5O2. The minimum absolute atomic E-state index is 0.0933. The lowest BCUT2D eigenvalue weighted by Gasteiger charge is -2.30. The molecule has 1 unspecified atom stereocenters. The Hall–Kier alpha value is -3.10. The standard InChI is InChI=1S/C22H19ClFN5O2/c23-16-5-8-19-25-18(10-20(30)29(19)12-16)13-28-9-1-2-15(11-28)22-26-21(27-31-22)14-3-6-17(24)7-4-14/h3-8,10,12,15H,1-2,9,11,13H2. The van der Waals surface area contributed by atoms with Crippen LogP contribution >= 0.6 is 11.6 Å². The SMILES string of the molecule is O=c1cc(CN2CCCC(c3nc(-c4ccc(F)cc4)no3)C2)nc2ccc(Cl)cn12. The molecule has 0 amide bonds. The molecule has 0 aliphatic carbocycles. The van der Waals surface area contributed by atoms with Crippen molar-refractivity contribution in [1.29, 1.82) is 0 Å². The second-order valence-corrected chi connectivity index (χ2v) is 8.14. The zero-order valence-electron chi connectivity index (χ0n) is 16.5. The van der Waals surface area contributed by atoms with Crippen LogP contribution < -0.4 is 5.56 Å². The van der Waals surface area contributed by atoms with Gasteiger partial charge in [-0.25, -0.2) is 9.37 Å². The summed E-state index contributed by atoms with van der Waals surface area (Å²) in [5.41, 5.74) is 1.84. The molecular weight excluding hydrogens is 421 g/mol. The van der Waals surface area contributed by atoms with Gasteiger partial charge in [0, 0.05) is 30.9 Å². The number of pyridine rings is 1. The molecule has 9 heteroatoms. The summed E-state index contributed by atoms with van der Waals surface area (Å²) in [5, 5.41) is 4.55. The second kappa shape index (κ2) is 8.20. The molecule has 4 aromatic rings. The third kappa shape index (κ3) is 4.22. The predicted octanol–water partition coefficient (Wildman–Crippen LogP) is 3.92. The number of halogens is 2. The van der Waals surface area contributed by atoms with Gasteiger partial charge in [-0.15, -0.1) is 0 Å². The van der Waals surface area contributed by atoms with Crippen LogP contribution in [0, 0.1) is 5.82 Å². The van der Waals surface area contributed by atoms with Crippen LogP contribution in [-0.4, -0.2) is 37.5 Å². The van der Waals surface area contributed by atoms with Gasteiger partial charge in [0.1, 0.15) is 11.5 Å². The van der Waals surface area contributed by atoms with Crippen molar-refractivity contribution in [3.8, 4) is 11.4 Å². The topological polar surface area (TPSA) is 76.5 Å². The highest BCUT2D eigenvalue weighted by Crippen LogP contribution is 2.28. The van der Waals surface area contributed by atoms with Crippen LogP contribution in [0.25, 0.3) is 17.0 Å². The Bertz CT molecular complexity index is 1290. The third-order valence-corrected chi connectivity index (χ3v) is 5.68. The molecule has 31 heavy (non-hydrogen) atoms. The van der Waals surface area contributed by atoms with Gasteiger partial charge in [0.05, 0.1) is 16.6 Å². The number of benzene rings is 1. The number of hydrogen-bond acceptors (Lipinski definition) is 6. The van der Waals surface area contributed by atoms with Crippen LogP contribution in [0.15, 0.2) is 58.0 Å². The van der Waals surface area contributed by atoms with Gasteiger partial charge >= 0.3 is 0 Å². The summed E-state index contributed by atoms with van der Waals surface area (Å²) in [7, 11) is 0. The fourth-order valence-electron chi connectivity index (χ4n) is 3.95. The molecule has 1 atom stereocenters. The fraction of sp³-hybridized carbons (Fsp3) is 0.273. The Kier molecular flexibility index (Phi) is 5.25. The molecule has 158 valence electrons. The van der Waals surface area contributed by atoms with Crippen molar-refractivity contribution in [2.45, 2.75) is 25.3 Å². The van der Waals surface area contributed by atoms with Gasteiger partial charge in [-0.3, -0.25) is 14.1 Å². The summed E-state index contributed by atoms with van der Waals surface area (Å²) in [6.07, 6.45) is 3.48. The Morgan fingerprint density at radius 1 is 1.16 bits per heavy atom. The van der Waals surface area contributed by atoms with Crippen molar-refractivity contribution < 1.29 is 8.91 Å². The number of nitrogens with zero attached hydrogens (tertiary/aromatic N) is 5. The van der Waals surface area contributed by atoms with Crippen molar-refractivity contribution in [3.63, 3.8) is 0 Å². The molecule has 1 saturated heterocycles. The quantitative estimate of drug-likeness (QED) is 0.479. The highest BCUT2D eigenvalue weighted by atomic mass is 35.5. The Labute approximate surface area is 182 Å². The van der Waals surface area contributed by atoms with Gasteiger partial charge in [-0.2, -0.15) is 4.98 Å². The maximum absolute atomic E-state index is 13.1. The summed E-state index contributed by atoms with van der Waals surface area (Å²) >= 11 is 5.98. The molecule has 0 N–H and O–H groups in total. The monoisotopic (exact) mass is 439 g/mol. The first-order chi connectivity index (χ1) is 15.0. The van der Waals surface area contributed by atoms with Gasteiger partial charge in [0.2, 0.25) is 11.7 Å². The summed E-state index contributed by atoms with van der Waals surface area (Å²) < 4.78 is 20.1. The van der Waals surface area contributed by atoms with E-state index in [1.807, 2.05) is 0 Å². The molecule has 1 aliphatic rings. The van der Waals surface area contributed by atoms with Gasteiger partial charge in [0.15, 0.2) is 0 Å². The van der Waals surface area contributed by atoms with E-state index in [1.54, 1.807) is 36.5 Å². The first kappa shape index (κ1) is 19.8. The Balaban J connectivity index is 1.32. The first-order valence-corrected chi connectivity index (χ1v) is 10.4. The van der Waals surface area contributed by atoms with E-state index in [2.05, 4.69) is 20.0 Å². The number of rotatable bonds is 4. The molecule has 5 rings (SSSR count). The molecule has 0 radical (unpaired) electrons. The first-order valence-electron chi connectivity index (χ1n) is 10.0. The van der Waals surface area contributed by atoms with E-state index in [-0.39, 0.29) is 17.3 Å². The number of fused-ring (bicyclic) bond motifs is 1. The predicted molar refractivity (Wildman–Crippen MR) is 113 cm³/mol. The number of aromatic nitrogens is 4. The lowest BCUT2D eigenvalue weighted by Crippen LogP contribution is -2.34. The molecule has 7 nitrogen and oxygen atoms in total. The summed E-state index contributed by atoms with van der Waals surface area (Å²) in [5.74, 6) is 0.816. The number of hydrogen-bond donors (Lipinski definition) is 0. The maximum atomic E-state index is 13.1. The van der Waals surface area contributed by atoms with Crippen LogP contribution in [0.4, 0.5) is 4.39 Å². The number of piperidine rings is 1. The van der Waals surface area contributed by atoms with E-state index < -0.39 is 0 Å². The molecule has 4 heterocycles. The van der Waals surface area contributed by atoms with Gasteiger partial charge in [0.25, 0.3) is 5.56 Å². The normalized spacial score (nSPS) is 17.3. The van der Waals surface area contributed by atoms with Crippen molar-refractivity contribution in [2.75, 3.05) is 13.1 Å². The fourth-order valence-corrected chi connectivity index (χ4v) is 4.11. The average Bonchev–Trinajstić information content (AvgIpc) is 3.25. The summed E-state index contributed by atoms with van der Waals surface area (Å²) in [6.45, 7) is 2.19. The molecule has 0 spiro atoms. The molecule has 0 saturated carbocycles. The summed E-state index contributed by atoms with van der Waals surface area (Å²) in [4.78, 5) is 23.8. The highest BCUT2D eigenvalue weighted by Gasteiger charge is 2.26. The van der Waals surface area contributed by atoms with E-state index in [1.165, 1.54) is 16.5 Å². The largest absolute Gasteiger partial charge is 0.339 e. The highest BCUT2D eigenvalue weighted by molar-refractivity contribution is 6.30. The third-order valence-electron chi connectivity index (χ3n) is 5.46. The smallest absolute Gasteiger partial charge is 0.258 e. The van der Waals surface area contributed by atoms with Crippen LogP contribution in [-0.2, 0) is 6.54 Å². The van der Waals surface area contributed by atoms with Gasteiger partial charge in [-0.05, 0) is 55.8 Å². The van der Waals surface area contributed by atoms with Crippen LogP contribution in [0.2, 0.25) is 5.02 Å². The lowest BCUT2D eigenvalue weighted by atomic mass is 9.98. The van der Waals surface area contributed by atoms with Crippen molar-refractivity contribution in [2.24, 2.45) is 0 Å². The van der Waals surface area contributed by atoms with Crippen molar-refractivity contribution in [3.05, 3.63) is 81.4 Å². The van der Waals surface area contributed by atoms with E-state index in [9.17, 15) is 9.18 Å². The van der Waals surface area contributed by atoms with E-state index in [0.29, 0.717) is 40.2 Å². The average molecular weight is 440 g/mol. The summed E-state index contributed by atoms with van der Waals surface area (Å²) in [6, 6.07) is 11.0. The molecule has 1 aliphatic heterocycles. The van der Waals surface area contributed by atoms with E-state index in [0.717, 1.165) is 25.9 Å². The molecule has 3 aromatic heterocycles.